The summed E-state index contributed by atoms with van der Waals surface area (Å²) in [6.45, 7) is 5.26. The van der Waals surface area contributed by atoms with Crippen LogP contribution in [-0.2, 0) is 13.1 Å². The third-order valence-corrected chi connectivity index (χ3v) is 3.12. The molecule has 0 unspecified atom stereocenters. The molecule has 5 nitrogen and oxygen atoms in total. The molecule has 0 bridgehead atoms. The number of H-pyrrole nitrogens is 1. The van der Waals surface area contributed by atoms with Crippen LogP contribution in [0.5, 0.6) is 0 Å². The molecule has 3 aromatic heterocycles. The highest BCUT2D eigenvalue weighted by atomic mass is 16.3. The topological polar surface area (TPSA) is 67.0 Å². The second-order valence-electron chi connectivity index (χ2n) is 4.80. The molecule has 0 atom stereocenters. The van der Waals surface area contributed by atoms with Gasteiger partial charge in [0.05, 0.1) is 12.7 Å². The monoisotopic (exact) mass is 271 g/mol. The van der Waals surface area contributed by atoms with Crippen molar-refractivity contribution in [1.29, 1.82) is 0 Å². The van der Waals surface area contributed by atoms with Crippen LogP contribution in [-0.4, -0.2) is 10.2 Å². The molecule has 20 heavy (non-hydrogen) atoms. The van der Waals surface area contributed by atoms with Crippen LogP contribution in [0.3, 0.4) is 0 Å². The van der Waals surface area contributed by atoms with Crippen LogP contribution in [0.25, 0.3) is 11.5 Å². The molecular formula is C15H17N3O2. The highest BCUT2D eigenvalue weighted by Gasteiger charge is 2.11. The van der Waals surface area contributed by atoms with Crippen molar-refractivity contribution in [3.63, 3.8) is 0 Å². The predicted octanol–water partition coefficient (Wildman–Crippen LogP) is 3.17. The van der Waals surface area contributed by atoms with Crippen LogP contribution in [0.4, 0.5) is 0 Å². The van der Waals surface area contributed by atoms with E-state index in [-0.39, 0.29) is 0 Å². The quantitative estimate of drug-likeness (QED) is 0.748. The number of furan rings is 2. The van der Waals surface area contributed by atoms with Crippen LogP contribution in [0.2, 0.25) is 0 Å². The van der Waals surface area contributed by atoms with Crippen molar-refractivity contribution in [2.75, 3.05) is 0 Å². The first-order valence-electron chi connectivity index (χ1n) is 6.57. The Kier molecular flexibility index (Phi) is 3.43. The van der Waals surface area contributed by atoms with Crippen LogP contribution in [0, 0.1) is 13.8 Å². The summed E-state index contributed by atoms with van der Waals surface area (Å²) in [5.41, 5.74) is 1.99. The lowest BCUT2D eigenvalue weighted by molar-refractivity contribution is 0.461. The highest BCUT2D eigenvalue weighted by molar-refractivity contribution is 5.56. The molecule has 0 aromatic carbocycles. The van der Waals surface area contributed by atoms with Gasteiger partial charge in [0.1, 0.15) is 23.0 Å². The van der Waals surface area contributed by atoms with E-state index in [2.05, 4.69) is 15.5 Å². The maximum Gasteiger partial charge on any atom is 0.152 e. The second kappa shape index (κ2) is 5.38. The van der Waals surface area contributed by atoms with Crippen molar-refractivity contribution in [2.45, 2.75) is 26.9 Å². The molecule has 0 aliphatic carbocycles. The first-order chi connectivity index (χ1) is 9.72. The Morgan fingerprint density at radius 1 is 1.05 bits per heavy atom. The number of hydrogen-bond donors (Lipinski definition) is 2. The Morgan fingerprint density at radius 3 is 2.55 bits per heavy atom. The zero-order valence-electron chi connectivity index (χ0n) is 11.6. The van der Waals surface area contributed by atoms with Crippen LogP contribution in [0.1, 0.15) is 22.8 Å². The summed E-state index contributed by atoms with van der Waals surface area (Å²) in [7, 11) is 0. The van der Waals surface area contributed by atoms with Gasteiger partial charge in [-0.15, -0.1) is 0 Å². The average molecular weight is 271 g/mol. The fourth-order valence-corrected chi connectivity index (χ4v) is 2.13. The zero-order valence-corrected chi connectivity index (χ0v) is 11.6. The molecule has 0 radical (unpaired) electrons. The van der Waals surface area contributed by atoms with Crippen molar-refractivity contribution in [3.05, 3.63) is 53.3 Å². The number of rotatable bonds is 5. The van der Waals surface area contributed by atoms with Crippen molar-refractivity contribution >= 4 is 0 Å². The first-order valence-corrected chi connectivity index (χ1v) is 6.57. The fraction of sp³-hybridized carbons (Fsp3) is 0.267. The van der Waals surface area contributed by atoms with Gasteiger partial charge in [-0.3, -0.25) is 5.10 Å². The summed E-state index contributed by atoms with van der Waals surface area (Å²) < 4.78 is 11.1. The van der Waals surface area contributed by atoms with Gasteiger partial charge < -0.3 is 14.2 Å². The van der Waals surface area contributed by atoms with Crippen molar-refractivity contribution in [1.82, 2.24) is 15.5 Å². The van der Waals surface area contributed by atoms with Gasteiger partial charge in [-0.1, -0.05) is 0 Å². The molecular weight excluding hydrogens is 254 g/mol. The fourth-order valence-electron chi connectivity index (χ4n) is 2.13. The van der Waals surface area contributed by atoms with Gasteiger partial charge in [0.25, 0.3) is 0 Å². The first kappa shape index (κ1) is 12.7. The van der Waals surface area contributed by atoms with Gasteiger partial charge in [-0.05, 0) is 38.1 Å². The van der Waals surface area contributed by atoms with E-state index in [1.807, 2.05) is 44.3 Å². The smallest absolute Gasteiger partial charge is 0.152 e. The zero-order chi connectivity index (χ0) is 13.9. The summed E-state index contributed by atoms with van der Waals surface area (Å²) in [6, 6.07) is 7.83. The van der Waals surface area contributed by atoms with E-state index in [0.717, 1.165) is 34.3 Å². The molecule has 3 heterocycles. The van der Waals surface area contributed by atoms with E-state index < -0.39 is 0 Å². The molecule has 3 aromatic rings. The van der Waals surface area contributed by atoms with Gasteiger partial charge in [0.15, 0.2) is 5.76 Å². The van der Waals surface area contributed by atoms with Crippen LogP contribution in [0.15, 0.2) is 39.3 Å². The number of hydrogen-bond acceptors (Lipinski definition) is 4. The molecule has 2 N–H and O–H groups in total. The second-order valence-corrected chi connectivity index (χ2v) is 4.80. The molecule has 5 heteroatoms. The van der Waals surface area contributed by atoms with Gasteiger partial charge in [-0.2, -0.15) is 5.10 Å². The Labute approximate surface area is 117 Å². The Balaban J connectivity index is 1.65. The van der Waals surface area contributed by atoms with Crippen LogP contribution >= 0.6 is 0 Å². The van der Waals surface area contributed by atoms with Gasteiger partial charge in [-0.25, -0.2) is 0 Å². The van der Waals surface area contributed by atoms with Crippen LogP contribution < -0.4 is 5.32 Å². The molecule has 0 spiro atoms. The Hall–Kier alpha value is -2.27. The van der Waals surface area contributed by atoms with E-state index in [9.17, 15) is 0 Å². The lowest BCUT2D eigenvalue weighted by Gasteiger charge is -2.02. The molecule has 0 aliphatic heterocycles. The number of aromatic nitrogens is 2. The predicted molar refractivity (Wildman–Crippen MR) is 75.0 cm³/mol. The summed E-state index contributed by atoms with van der Waals surface area (Å²) >= 11 is 0. The minimum absolute atomic E-state index is 0.690. The lowest BCUT2D eigenvalue weighted by Crippen LogP contribution is -2.12. The molecule has 0 saturated carbocycles. The lowest BCUT2D eigenvalue weighted by atomic mass is 10.2. The van der Waals surface area contributed by atoms with Crippen molar-refractivity contribution in [3.8, 4) is 11.5 Å². The average Bonchev–Trinajstić information content (AvgIpc) is 3.11. The molecule has 0 amide bonds. The molecule has 0 aliphatic rings. The van der Waals surface area contributed by atoms with Crippen molar-refractivity contribution < 1.29 is 8.83 Å². The van der Waals surface area contributed by atoms with E-state index in [0.29, 0.717) is 13.1 Å². The summed E-state index contributed by atoms with van der Waals surface area (Å²) in [4.78, 5) is 0. The maximum atomic E-state index is 5.62. The summed E-state index contributed by atoms with van der Waals surface area (Å²) in [5.74, 6) is 3.56. The number of aromatic amines is 1. The van der Waals surface area contributed by atoms with Crippen molar-refractivity contribution in [2.24, 2.45) is 0 Å². The third-order valence-electron chi connectivity index (χ3n) is 3.12. The van der Waals surface area contributed by atoms with E-state index in [1.54, 1.807) is 0 Å². The highest BCUT2D eigenvalue weighted by Crippen LogP contribution is 2.23. The Bertz CT molecular complexity index is 693. The van der Waals surface area contributed by atoms with Gasteiger partial charge in [0, 0.05) is 12.1 Å². The summed E-state index contributed by atoms with van der Waals surface area (Å²) in [6.07, 6.45) is 1.81. The van der Waals surface area contributed by atoms with Gasteiger partial charge >= 0.3 is 0 Å². The normalized spacial score (nSPS) is 11.1. The number of nitrogens with zero attached hydrogens (tertiary/aromatic N) is 1. The molecule has 0 saturated heterocycles. The van der Waals surface area contributed by atoms with E-state index in [4.69, 9.17) is 8.83 Å². The third kappa shape index (κ3) is 2.67. The number of aryl methyl sites for hydroxylation is 2. The molecule has 3 rings (SSSR count). The van der Waals surface area contributed by atoms with E-state index in [1.165, 1.54) is 0 Å². The minimum Gasteiger partial charge on any atom is -0.465 e. The minimum atomic E-state index is 0.690. The maximum absolute atomic E-state index is 5.62. The SMILES string of the molecule is Cc1ccc(CNCc2cn[nH]c2-c2ccc(C)o2)o1. The molecule has 0 fully saturated rings. The number of nitrogens with one attached hydrogen (secondary N) is 2. The molecule has 104 valence electrons. The standard InChI is InChI=1S/C15H17N3O2/c1-10-3-5-13(19-10)9-16-7-12-8-17-18-15(12)14-6-4-11(2)20-14/h3-6,8,16H,7,9H2,1-2H3,(H,17,18). The largest absolute Gasteiger partial charge is 0.465 e. The summed E-state index contributed by atoms with van der Waals surface area (Å²) in [5, 5.41) is 10.4. The Morgan fingerprint density at radius 2 is 1.85 bits per heavy atom. The van der Waals surface area contributed by atoms with E-state index >= 15 is 0 Å². The van der Waals surface area contributed by atoms with Gasteiger partial charge in [0.2, 0.25) is 0 Å².